The van der Waals surface area contributed by atoms with Crippen LogP contribution in [0, 0.1) is 11.8 Å². The number of likely N-dealkylation sites (tertiary alicyclic amines) is 1. The summed E-state index contributed by atoms with van der Waals surface area (Å²) < 4.78 is 0. The molecular weight excluding hydrogens is 306 g/mol. The van der Waals surface area contributed by atoms with Crippen molar-refractivity contribution in [3.05, 3.63) is 36.0 Å². The number of carbonyl (C=O) groups is 2. The summed E-state index contributed by atoms with van der Waals surface area (Å²) in [5, 5.41) is 10.2. The van der Waals surface area contributed by atoms with Crippen molar-refractivity contribution in [2.24, 2.45) is 11.8 Å². The number of pyridine rings is 1. The first-order chi connectivity index (χ1) is 11.4. The molecule has 1 aliphatic rings. The number of fused-ring (bicyclic) bond motifs is 1. The highest BCUT2D eigenvalue weighted by atomic mass is 16.4. The van der Waals surface area contributed by atoms with E-state index in [4.69, 9.17) is 0 Å². The third-order valence-corrected chi connectivity index (χ3v) is 4.61. The van der Waals surface area contributed by atoms with Crippen LogP contribution in [-0.2, 0) is 4.79 Å². The topological polar surface area (TPSA) is 73.7 Å². The first kappa shape index (κ1) is 16.2. The van der Waals surface area contributed by atoms with Gasteiger partial charge in [-0.25, -0.2) is 4.98 Å². The summed E-state index contributed by atoms with van der Waals surface area (Å²) in [4.78, 5) is 32.1. The maximum atomic E-state index is 12.8. The van der Waals surface area contributed by atoms with Gasteiger partial charge in [-0.3, -0.25) is 9.59 Å². The van der Waals surface area contributed by atoms with E-state index in [9.17, 15) is 14.7 Å². The summed E-state index contributed by atoms with van der Waals surface area (Å²) in [6.07, 6.45) is 0. The Morgan fingerprint density at radius 1 is 1.25 bits per heavy atom. The minimum atomic E-state index is -0.849. The first-order valence-electron chi connectivity index (χ1n) is 7.97. The molecule has 2 heterocycles. The zero-order valence-electron chi connectivity index (χ0n) is 14.1. The lowest BCUT2D eigenvalue weighted by molar-refractivity contribution is -0.142. The average Bonchev–Trinajstić information content (AvgIpc) is 2.95. The fourth-order valence-electron chi connectivity index (χ4n) is 3.25. The highest BCUT2D eigenvalue weighted by Gasteiger charge is 2.37. The third-order valence-electron chi connectivity index (χ3n) is 4.61. The van der Waals surface area contributed by atoms with Gasteiger partial charge in [-0.1, -0.05) is 25.1 Å². The van der Waals surface area contributed by atoms with E-state index in [0.29, 0.717) is 12.2 Å². The van der Waals surface area contributed by atoms with Crippen molar-refractivity contribution < 1.29 is 14.7 Å². The van der Waals surface area contributed by atoms with Gasteiger partial charge in [0.1, 0.15) is 5.69 Å². The van der Waals surface area contributed by atoms with Crippen LogP contribution in [-0.4, -0.2) is 54.1 Å². The molecule has 1 saturated heterocycles. The normalized spacial score (nSPS) is 20.4. The maximum Gasteiger partial charge on any atom is 0.308 e. The highest BCUT2D eigenvalue weighted by molar-refractivity contribution is 6.00. The minimum absolute atomic E-state index is 0.0553. The number of para-hydroxylation sites is 1. The quantitative estimate of drug-likeness (QED) is 0.934. The smallest absolute Gasteiger partial charge is 0.308 e. The number of carboxylic acids is 1. The number of benzene rings is 1. The van der Waals surface area contributed by atoms with Crippen LogP contribution in [0.3, 0.4) is 0 Å². The van der Waals surface area contributed by atoms with Crippen LogP contribution in [0.15, 0.2) is 30.3 Å². The predicted octanol–water partition coefficient (Wildman–Crippen LogP) is 2.09. The predicted molar refractivity (Wildman–Crippen MR) is 92.3 cm³/mol. The lowest BCUT2D eigenvalue weighted by atomic mass is 9.99. The SMILES string of the molecule is C[C@@H]1CN(C(=O)c2cc(N(C)C)c3ccccc3n2)C[C@H]1C(=O)O. The largest absolute Gasteiger partial charge is 0.481 e. The van der Waals surface area contributed by atoms with Gasteiger partial charge in [0.25, 0.3) is 5.91 Å². The zero-order valence-corrected chi connectivity index (χ0v) is 14.1. The molecule has 0 radical (unpaired) electrons. The molecule has 1 aromatic carbocycles. The second-order valence-electron chi connectivity index (χ2n) is 6.57. The second-order valence-corrected chi connectivity index (χ2v) is 6.57. The minimum Gasteiger partial charge on any atom is -0.481 e. The number of rotatable bonds is 3. The van der Waals surface area contributed by atoms with Gasteiger partial charge in [0.2, 0.25) is 0 Å². The Morgan fingerprint density at radius 3 is 2.58 bits per heavy atom. The first-order valence-corrected chi connectivity index (χ1v) is 7.97. The number of aliphatic carboxylic acids is 1. The number of nitrogens with zero attached hydrogens (tertiary/aromatic N) is 3. The number of hydrogen-bond donors (Lipinski definition) is 1. The van der Waals surface area contributed by atoms with E-state index in [1.165, 1.54) is 0 Å². The van der Waals surface area contributed by atoms with Crippen LogP contribution in [0.5, 0.6) is 0 Å². The molecule has 1 N–H and O–H groups in total. The van der Waals surface area contributed by atoms with Crippen LogP contribution in [0.2, 0.25) is 0 Å². The van der Waals surface area contributed by atoms with Gasteiger partial charge in [-0.15, -0.1) is 0 Å². The molecule has 24 heavy (non-hydrogen) atoms. The standard InChI is InChI=1S/C18H21N3O3/c1-11-9-21(10-13(11)18(23)24)17(22)15-8-16(20(2)3)12-6-4-5-7-14(12)19-15/h4-8,11,13H,9-10H2,1-3H3,(H,23,24)/t11-,13-/m1/s1. The number of hydrogen-bond acceptors (Lipinski definition) is 4. The van der Waals surface area contributed by atoms with Crippen molar-refractivity contribution >= 4 is 28.5 Å². The highest BCUT2D eigenvalue weighted by Crippen LogP contribution is 2.28. The summed E-state index contributed by atoms with van der Waals surface area (Å²) in [5.74, 6) is -1.62. The molecule has 2 aromatic rings. The summed E-state index contributed by atoms with van der Waals surface area (Å²) >= 11 is 0. The van der Waals surface area contributed by atoms with Gasteiger partial charge in [0.05, 0.1) is 11.4 Å². The van der Waals surface area contributed by atoms with E-state index < -0.39 is 11.9 Å². The van der Waals surface area contributed by atoms with Gasteiger partial charge in [-0.05, 0) is 18.1 Å². The second kappa shape index (κ2) is 6.11. The molecule has 6 heteroatoms. The molecule has 1 amide bonds. The molecule has 0 spiro atoms. The summed E-state index contributed by atoms with van der Waals surface area (Å²) in [6, 6.07) is 9.47. The van der Waals surface area contributed by atoms with Crippen LogP contribution in [0.1, 0.15) is 17.4 Å². The van der Waals surface area contributed by atoms with Crippen LogP contribution < -0.4 is 4.90 Å². The molecule has 0 bridgehead atoms. The maximum absolute atomic E-state index is 12.8. The Hall–Kier alpha value is -2.63. The van der Waals surface area contributed by atoms with Crippen LogP contribution in [0.25, 0.3) is 10.9 Å². The van der Waals surface area contributed by atoms with E-state index in [1.54, 1.807) is 11.0 Å². The molecule has 0 saturated carbocycles. The summed E-state index contributed by atoms with van der Waals surface area (Å²) in [7, 11) is 3.85. The molecule has 1 fully saturated rings. The van der Waals surface area contributed by atoms with E-state index in [1.807, 2.05) is 50.2 Å². The Morgan fingerprint density at radius 2 is 1.96 bits per heavy atom. The molecule has 3 rings (SSSR count). The lowest BCUT2D eigenvalue weighted by Gasteiger charge is -2.19. The number of carboxylic acid groups (broad SMARTS) is 1. The molecule has 0 aliphatic carbocycles. The Balaban J connectivity index is 1.98. The van der Waals surface area contributed by atoms with Crippen molar-refractivity contribution in [2.45, 2.75) is 6.92 Å². The van der Waals surface area contributed by atoms with E-state index in [0.717, 1.165) is 16.6 Å². The van der Waals surface area contributed by atoms with E-state index >= 15 is 0 Å². The van der Waals surface area contributed by atoms with Gasteiger partial charge < -0.3 is 14.9 Å². The van der Waals surface area contributed by atoms with Gasteiger partial charge in [0.15, 0.2) is 0 Å². The van der Waals surface area contributed by atoms with Crippen molar-refractivity contribution in [2.75, 3.05) is 32.1 Å². The summed E-state index contributed by atoms with van der Waals surface area (Å²) in [5.41, 5.74) is 2.04. The van der Waals surface area contributed by atoms with Crippen molar-refractivity contribution in [3.8, 4) is 0 Å². The lowest BCUT2D eigenvalue weighted by Crippen LogP contribution is -2.30. The number of amides is 1. The third kappa shape index (κ3) is 2.79. The fourth-order valence-corrected chi connectivity index (χ4v) is 3.25. The number of carbonyl (C=O) groups excluding carboxylic acids is 1. The van der Waals surface area contributed by atoms with Crippen molar-refractivity contribution in [3.63, 3.8) is 0 Å². The van der Waals surface area contributed by atoms with E-state index in [-0.39, 0.29) is 18.4 Å². The molecule has 0 unspecified atom stereocenters. The average molecular weight is 327 g/mol. The van der Waals surface area contributed by atoms with Gasteiger partial charge in [-0.2, -0.15) is 0 Å². The van der Waals surface area contributed by atoms with Gasteiger partial charge >= 0.3 is 5.97 Å². The van der Waals surface area contributed by atoms with Gasteiger partial charge in [0, 0.05) is 38.3 Å². The molecule has 2 atom stereocenters. The molecular formula is C18H21N3O3. The van der Waals surface area contributed by atoms with Crippen LogP contribution in [0.4, 0.5) is 5.69 Å². The molecule has 1 aliphatic heterocycles. The van der Waals surface area contributed by atoms with Crippen molar-refractivity contribution in [1.82, 2.24) is 9.88 Å². The number of aromatic nitrogens is 1. The van der Waals surface area contributed by atoms with Crippen molar-refractivity contribution in [1.29, 1.82) is 0 Å². The molecule has 1 aromatic heterocycles. The molecule has 6 nitrogen and oxygen atoms in total. The monoisotopic (exact) mass is 327 g/mol. The number of anilines is 1. The molecule has 126 valence electrons. The van der Waals surface area contributed by atoms with E-state index in [2.05, 4.69) is 4.98 Å². The Kier molecular flexibility index (Phi) is 4.13. The summed E-state index contributed by atoms with van der Waals surface area (Å²) in [6.45, 7) is 2.55. The van der Waals surface area contributed by atoms with Crippen LogP contribution >= 0.6 is 0 Å². The Labute approximate surface area is 140 Å². The fraction of sp³-hybridized carbons (Fsp3) is 0.389. The Bertz CT molecular complexity index is 803. The zero-order chi connectivity index (χ0) is 17.4.